The van der Waals surface area contributed by atoms with Crippen LogP contribution in [0.25, 0.3) is 0 Å². The SMILES string of the molecule is CCS(=O)(=O)N[C@@H]1CCCN(C(=O)OC(C)(C)C)[C@H]1COc1ccc(C(C)C)cc1. The molecule has 1 aliphatic rings. The normalized spacial score (nSPS) is 20.3. The molecule has 0 aliphatic carbocycles. The highest BCUT2D eigenvalue weighted by Gasteiger charge is 2.38. The lowest BCUT2D eigenvalue weighted by molar-refractivity contribution is -0.00139. The van der Waals surface area contributed by atoms with E-state index in [9.17, 15) is 13.2 Å². The molecule has 1 aliphatic heterocycles. The fraction of sp³-hybridized carbons (Fsp3) is 0.682. The number of nitrogens with one attached hydrogen (secondary N) is 1. The Bertz CT molecular complexity index is 800. The summed E-state index contributed by atoms with van der Waals surface area (Å²) in [4.78, 5) is 14.4. The second-order valence-electron chi connectivity index (χ2n) is 9.05. The molecule has 170 valence electrons. The van der Waals surface area contributed by atoms with Crippen LogP contribution in [0, 0.1) is 0 Å². The van der Waals surface area contributed by atoms with E-state index in [1.807, 2.05) is 45.0 Å². The fourth-order valence-electron chi connectivity index (χ4n) is 3.39. The lowest BCUT2D eigenvalue weighted by Crippen LogP contribution is -2.60. The van der Waals surface area contributed by atoms with E-state index in [1.165, 1.54) is 5.56 Å². The minimum absolute atomic E-state index is 0.0137. The van der Waals surface area contributed by atoms with E-state index < -0.39 is 33.8 Å². The molecule has 0 unspecified atom stereocenters. The van der Waals surface area contributed by atoms with Gasteiger partial charge in [0.25, 0.3) is 0 Å². The van der Waals surface area contributed by atoms with Crippen molar-refractivity contribution in [1.82, 2.24) is 9.62 Å². The summed E-state index contributed by atoms with van der Waals surface area (Å²) in [6, 6.07) is 6.96. The van der Waals surface area contributed by atoms with Crippen molar-refractivity contribution in [2.75, 3.05) is 18.9 Å². The molecule has 2 atom stereocenters. The highest BCUT2D eigenvalue weighted by Crippen LogP contribution is 2.24. The summed E-state index contributed by atoms with van der Waals surface area (Å²) in [5.74, 6) is 1.10. The van der Waals surface area contributed by atoms with E-state index in [0.29, 0.717) is 31.1 Å². The van der Waals surface area contributed by atoms with Crippen LogP contribution in [-0.2, 0) is 14.8 Å². The standard InChI is InChI=1S/C22H36N2O5S/c1-7-30(26,27)23-19-9-8-14-24(21(25)29-22(4,5)6)20(19)15-28-18-12-10-17(11-13-18)16(2)3/h10-13,16,19-20,23H,7-9,14-15H2,1-6H3/t19-,20+/m1/s1. The summed E-state index contributed by atoms with van der Waals surface area (Å²) < 4.78 is 38.7. The van der Waals surface area contributed by atoms with E-state index in [1.54, 1.807) is 11.8 Å². The zero-order valence-corrected chi connectivity index (χ0v) is 19.8. The van der Waals surface area contributed by atoms with E-state index in [-0.39, 0.29) is 12.4 Å². The summed E-state index contributed by atoms with van der Waals surface area (Å²) in [5.41, 5.74) is 0.578. The van der Waals surface area contributed by atoms with Gasteiger partial charge in [-0.15, -0.1) is 0 Å². The van der Waals surface area contributed by atoms with E-state index >= 15 is 0 Å². The van der Waals surface area contributed by atoms with Gasteiger partial charge in [-0.1, -0.05) is 26.0 Å². The van der Waals surface area contributed by atoms with Crippen LogP contribution in [0.3, 0.4) is 0 Å². The van der Waals surface area contributed by atoms with Gasteiger partial charge in [0.15, 0.2) is 0 Å². The molecule has 1 aromatic carbocycles. The molecule has 0 bridgehead atoms. The Morgan fingerprint density at radius 1 is 1.23 bits per heavy atom. The van der Waals surface area contributed by atoms with Crippen LogP contribution in [0.15, 0.2) is 24.3 Å². The number of carbonyl (C=O) groups excluding carboxylic acids is 1. The van der Waals surface area contributed by atoms with Gasteiger partial charge in [-0.05, 0) is 64.2 Å². The second-order valence-corrected chi connectivity index (χ2v) is 11.1. The average molecular weight is 441 g/mol. The van der Waals surface area contributed by atoms with E-state index in [0.717, 1.165) is 0 Å². The van der Waals surface area contributed by atoms with E-state index in [4.69, 9.17) is 9.47 Å². The third kappa shape index (κ3) is 7.16. The molecule has 0 saturated carbocycles. The molecule has 8 heteroatoms. The summed E-state index contributed by atoms with van der Waals surface area (Å²) in [6.07, 6.45) is 0.876. The predicted molar refractivity (Wildman–Crippen MR) is 118 cm³/mol. The van der Waals surface area contributed by atoms with Crippen molar-refractivity contribution < 1.29 is 22.7 Å². The smallest absolute Gasteiger partial charge is 0.410 e. The van der Waals surface area contributed by atoms with Crippen LogP contribution in [0.1, 0.15) is 65.9 Å². The van der Waals surface area contributed by atoms with Gasteiger partial charge in [0, 0.05) is 12.6 Å². The number of likely N-dealkylation sites (tertiary alicyclic amines) is 1. The van der Waals surface area contributed by atoms with Crippen LogP contribution in [0.5, 0.6) is 5.75 Å². The summed E-state index contributed by atoms with van der Waals surface area (Å²) in [5, 5.41) is 0. The van der Waals surface area contributed by atoms with Crippen molar-refractivity contribution in [3.8, 4) is 5.75 Å². The van der Waals surface area contributed by atoms with Crippen molar-refractivity contribution >= 4 is 16.1 Å². The maximum Gasteiger partial charge on any atom is 0.410 e. The number of ether oxygens (including phenoxy) is 2. The van der Waals surface area contributed by atoms with Gasteiger partial charge >= 0.3 is 6.09 Å². The van der Waals surface area contributed by atoms with Gasteiger partial charge in [0.05, 0.1) is 11.8 Å². The number of amides is 1. The number of rotatable bonds is 7. The van der Waals surface area contributed by atoms with Crippen molar-refractivity contribution in [2.45, 2.75) is 78.0 Å². The zero-order valence-electron chi connectivity index (χ0n) is 19.0. The minimum Gasteiger partial charge on any atom is -0.491 e. The molecular weight excluding hydrogens is 404 g/mol. The maximum absolute atomic E-state index is 12.8. The second kappa shape index (κ2) is 10.0. The Hall–Kier alpha value is -1.80. The van der Waals surface area contributed by atoms with Crippen molar-refractivity contribution in [2.24, 2.45) is 0 Å². The van der Waals surface area contributed by atoms with Crippen molar-refractivity contribution in [1.29, 1.82) is 0 Å². The maximum atomic E-state index is 12.8. The zero-order chi connectivity index (χ0) is 22.5. The highest BCUT2D eigenvalue weighted by atomic mass is 32.2. The molecule has 30 heavy (non-hydrogen) atoms. The number of hydrogen-bond acceptors (Lipinski definition) is 5. The number of hydrogen-bond donors (Lipinski definition) is 1. The predicted octanol–water partition coefficient (Wildman–Crippen LogP) is 3.90. The molecule has 1 fully saturated rings. The molecule has 1 aromatic rings. The topological polar surface area (TPSA) is 84.9 Å². The summed E-state index contributed by atoms with van der Waals surface area (Å²) in [6.45, 7) is 12.0. The summed E-state index contributed by atoms with van der Waals surface area (Å²) in [7, 11) is -3.42. The Morgan fingerprint density at radius 3 is 2.40 bits per heavy atom. The Balaban J connectivity index is 2.20. The molecule has 1 N–H and O–H groups in total. The monoisotopic (exact) mass is 440 g/mol. The lowest BCUT2D eigenvalue weighted by atomic mass is 9.98. The fourth-order valence-corrected chi connectivity index (χ4v) is 4.30. The quantitative estimate of drug-likeness (QED) is 0.695. The third-order valence-corrected chi connectivity index (χ3v) is 6.51. The first kappa shape index (κ1) is 24.5. The Labute approximate surface area is 181 Å². The molecule has 1 saturated heterocycles. The van der Waals surface area contributed by atoms with Gasteiger partial charge < -0.3 is 14.4 Å². The first-order chi connectivity index (χ1) is 13.9. The number of carbonyl (C=O) groups is 1. The van der Waals surface area contributed by atoms with Crippen LogP contribution >= 0.6 is 0 Å². The first-order valence-electron chi connectivity index (χ1n) is 10.6. The van der Waals surface area contributed by atoms with Gasteiger partial charge in [0.1, 0.15) is 18.0 Å². The first-order valence-corrected chi connectivity index (χ1v) is 12.3. The van der Waals surface area contributed by atoms with Crippen LogP contribution in [0.4, 0.5) is 4.79 Å². The van der Waals surface area contributed by atoms with Crippen LogP contribution in [-0.4, -0.2) is 56.0 Å². The van der Waals surface area contributed by atoms with Gasteiger partial charge in [-0.25, -0.2) is 17.9 Å². The number of nitrogens with zero attached hydrogens (tertiary/aromatic N) is 1. The Morgan fingerprint density at radius 2 is 1.87 bits per heavy atom. The lowest BCUT2D eigenvalue weighted by Gasteiger charge is -2.41. The molecule has 7 nitrogen and oxygen atoms in total. The molecule has 0 spiro atoms. The van der Waals surface area contributed by atoms with E-state index in [2.05, 4.69) is 18.6 Å². The molecule has 0 radical (unpaired) electrons. The van der Waals surface area contributed by atoms with Crippen molar-refractivity contribution in [3.63, 3.8) is 0 Å². The molecular formula is C22H36N2O5S. The minimum atomic E-state index is -3.42. The number of benzene rings is 1. The van der Waals surface area contributed by atoms with Crippen molar-refractivity contribution in [3.05, 3.63) is 29.8 Å². The Kier molecular flexibility index (Phi) is 8.16. The highest BCUT2D eigenvalue weighted by molar-refractivity contribution is 7.89. The van der Waals surface area contributed by atoms with Gasteiger partial charge in [-0.2, -0.15) is 0 Å². The molecule has 2 rings (SSSR count). The summed E-state index contributed by atoms with van der Waals surface area (Å²) >= 11 is 0. The number of piperidine rings is 1. The number of sulfonamides is 1. The largest absolute Gasteiger partial charge is 0.491 e. The van der Waals surface area contributed by atoms with Gasteiger partial charge in [0.2, 0.25) is 10.0 Å². The molecule has 1 heterocycles. The third-order valence-electron chi connectivity index (χ3n) is 5.09. The van der Waals surface area contributed by atoms with Crippen LogP contribution in [0.2, 0.25) is 0 Å². The van der Waals surface area contributed by atoms with Crippen LogP contribution < -0.4 is 9.46 Å². The molecule has 1 amide bonds. The van der Waals surface area contributed by atoms with Gasteiger partial charge in [-0.3, -0.25) is 0 Å². The average Bonchev–Trinajstić information content (AvgIpc) is 2.65. The molecule has 0 aromatic heterocycles.